The van der Waals surface area contributed by atoms with Crippen LogP contribution in [0.5, 0.6) is 5.75 Å². The second-order valence-corrected chi connectivity index (χ2v) is 9.82. The van der Waals surface area contributed by atoms with E-state index < -0.39 is 52.6 Å². The number of esters is 3. The monoisotopic (exact) mass is 460 g/mol. The Kier molecular flexibility index (Phi) is 6.35. The molecule has 0 heterocycles. The normalized spacial score (nSPS) is 30.8. The summed E-state index contributed by atoms with van der Waals surface area (Å²) in [6.07, 6.45) is -1.55. The molecule has 0 saturated heterocycles. The average Bonchev–Trinajstić information content (AvgIpc) is 2.72. The summed E-state index contributed by atoms with van der Waals surface area (Å²) in [7, 11) is 1.26. The summed E-state index contributed by atoms with van der Waals surface area (Å²) in [5.74, 6) is -3.30. The van der Waals surface area contributed by atoms with Gasteiger partial charge in [-0.1, -0.05) is 20.8 Å². The lowest BCUT2D eigenvalue weighted by Crippen LogP contribution is -2.66. The molecule has 0 aliphatic heterocycles. The minimum absolute atomic E-state index is 0.0164. The van der Waals surface area contributed by atoms with Gasteiger partial charge in [-0.2, -0.15) is 0 Å². The van der Waals surface area contributed by atoms with Crippen LogP contribution in [0.3, 0.4) is 0 Å². The Labute approximate surface area is 193 Å². The number of hydrogen-bond donors (Lipinski definition) is 1. The third-order valence-electron chi connectivity index (χ3n) is 7.35. The molecule has 0 spiro atoms. The van der Waals surface area contributed by atoms with E-state index in [4.69, 9.17) is 14.2 Å². The summed E-state index contributed by atoms with van der Waals surface area (Å²) < 4.78 is 16.4. The predicted molar refractivity (Wildman–Crippen MR) is 118 cm³/mol. The van der Waals surface area contributed by atoms with Crippen LogP contribution in [0.15, 0.2) is 12.1 Å². The maximum atomic E-state index is 13.8. The van der Waals surface area contributed by atoms with Crippen molar-refractivity contribution in [3.63, 3.8) is 0 Å². The molecule has 5 atom stereocenters. The predicted octanol–water partition coefficient (Wildman–Crippen LogP) is 3.42. The summed E-state index contributed by atoms with van der Waals surface area (Å²) in [4.78, 5) is 50.9. The maximum absolute atomic E-state index is 13.8. The molecule has 8 heteroatoms. The first-order valence-corrected chi connectivity index (χ1v) is 11.1. The minimum Gasteiger partial charge on any atom is -0.508 e. The van der Waals surface area contributed by atoms with E-state index in [1.807, 2.05) is 13.8 Å². The molecule has 1 saturated carbocycles. The SMILES string of the molecule is COC(=O)[C@]1(C)CC[C@@H](OC(C)=O)[C@]2(C)c3c(O)cc(C(C)C)cc3C(=O)[C@@H](OC(C)=O)[C@H]21. The number of carbonyl (C=O) groups excluding carboxylic acids is 4. The van der Waals surface area contributed by atoms with E-state index >= 15 is 0 Å². The van der Waals surface area contributed by atoms with E-state index in [2.05, 4.69) is 0 Å². The van der Waals surface area contributed by atoms with E-state index in [0.717, 1.165) is 5.56 Å². The Balaban J connectivity index is 2.41. The Bertz CT molecular complexity index is 1010. The van der Waals surface area contributed by atoms with Gasteiger partial charge < -0.3 is 19.3 Å². The first-order valence-electron chi connectivity index (χ1n) is 11.1. The molecule has 2 aliphatic carbocycles. The standard InChI is InChI=1S/C25H32O8/c1-12(2)15-10-16-19(17(28)11-15)25(6)18(32-13(3)26)8-9-24(5,23(30)31-7)22(25)21(20(16)29)33-14(4)27/h10-12,18,21-22,28H,8-9H2,1-7H3/t18-,21-,22+,24-,25-/m1/s1. The van der Waals surface area contributed by atoms with Crippen LogP contribution in [0.25, 0.3) is 0 Å². The molecule has 0 bridgehead atoms. The molecule has 0 radical (unpaired) electrons. The van der Waals surface area contributed by atoms with Crippen LogP contribution < -0.4 is 0 Å². The zero-order valence-corrected chi connectivity index (χ0v) is 20.2. The number of phenols is 1. The Morgan fingerprint density at radius 2 is 1.70 bits per heavy atom. The number of rotatable bonds is 4. The lowest BCUT2D eigenvalue weighted by atomic mass is 9.47. The highest BCUT2D eigenvalue weighted by atomic mass is 16.6. The van der Waals surface area contributed by atoms with Gasteiger partial charge in [0, 0.05) is 36.3 Å². The zero-order chi connectivity index (χ0) is 24.9. The average molecular weight is 461 g/mol. The molecule has 1 fully saturated rings. The molecule has 0 unspecified atom stereocenters. The number of carbonyl (C=O) groups is 4. The Morgan fingerprint density at radius 3 is 2.21 bits per heavy atom. The van der Waals surface area contributed by atoms with Crippen molar-refractivity contribution >= 4 is 23.7 Å². The van der Waals surface area contributed by atoms with Crippen molar-refractivity contribution in [3.05, 3.63) is 28.8 Å². The first-order chi connectivity index (χ1) is 15.3. The summed E-state index contributed by atoms with van der Waals surface area (Å²) >= 11 is 0. The van der Waals surface area contributed by atoms with Gasteiger partial charge in [0.25, 0.3) is 0 Å². The van der Waals surface area contributed by atoms with Gasteiger partial charge in [0.2, 0.25) is 5.78 Å². The van der Waals surface area contributed by atoms with Gasteiger partial charge in [0.05, 0.1) is 12.5 Å². The van der Waals surface area contributed by atoms with E-state index in [1.165, 1.54) is 21.0 Å². The maximum Gasteiger partial charge on any atom is 0.311 e. The third-order valence-corrected chi connectivity index (χ3v) is 7.35. The number of hydrogen-bond acceptors (Lipinski definition) is 8. The molecule has 3 rings (SSSR count). The van der Waals surface area contributed by atoms with Gasteiger partial charge >= 0.3 is 17.9 Å². The number of ether oxygens (including phenoxy) is 3. The van der Waals surface area contributed by atoms with Gasteiger partial charge in [0.15, 0.2) is 6.10 Å². The molecule has 8 nitrogen and oxygen atoms in total. The summed E-state index contributed by atoms with van der Waals surface area (Å²) in [6, 6.07) is 3.29. The quantitative estimate of drug-likeness (QED) is 0.537. The number of aromatic hydroxyl groups is 1. The Morgan fingerprint density at radius 1 is 1.09 bits per heavy atom. The molecule has 1 aromatic rings. The van der Waals surface area contributed by atoms with Crippen molar-refractivity contribution in [2.24, 2.45) is 11.3 Å². The van der Waals surface area contributed by atoms with Crippen LogP contribution in [-0.4, -0.2) is 48.1 Å². The van der Waals surface area contributed by atoms with E-state index in [-0.39, 0.29) is 23.7 Å². The van der Waals surface area contributed by atoms with Crippen molar-refractivity contribution in [3.8, 4) is 5.75 Å². The number of phenolic OH excluding ortho intramolecular Hbond substituents is 1. The van der Waals surface area contributed by atoms with E-state index in [9.17, 15) is 24.3 Å². The van der Waals surface area contributed by atoms with Crippen molar-refractivity contribution in [2.75, 3.05) is 7.11 Å². The number of benzene rings is 1. The fourth-order valence-electron chi connectivity index (χ4n) is 5.90. The molecule has 1 aromatic carbocycles. The molecule has 1 N–H and O–H groups in total. The lowest BCUT2D eigenvalue weighted by Gasteiger charge is -2.57. The third kappa shape index (κ3) is 3.79. The van der Waals surface area contributed by atoms with Crippen molar-refractivity contribution in [1.29, 1.82) is 0 Å². The summed E-state index contributed by atoms with van der Waals surface area (Å²) in [5.41, 5.74) is -1.22. The van der Waals surface area contributed by atoms with Crippen molar-refractivity contribution in [2.45, 2.75) is 77.9 Å². The van der Waals surface area contributed by atoms with E-state index in [0.29, 0.717) is 12.0 Å². The number of ketones is 1. The minimum atomic E-state index is -1.32. The molecular formula is C25H32O8. The zero-order valence-electron chi connectivity index (χ0n) is 20.2. The van der Waals surface area contributed by atoms with Gasteiger partial charge in [-0.3, -0.25) is 19.2 Å². The van der Waals surface area contributed by atoms with Crippen LogP contribution >= 0.6 is 0 Å². The van der Waals surface area contributed by atoms with Crippen molar-refractivity contribution < 1.29 is 38.5 Å². The van der Waals surface area contributed by atoms with Gasteiger partial charge in [-0.25, -0.2) is 0 Å². The Hall–Kier alpha value is -2.90. The summed E-state index contributed by atoms with van der Waals surface area (Å²) in [6.45, 7) is 9.76. The molecule has 0 amide bonds. The highest BCUT2D eigenvalue weighted by Crippen LogP contribution is 2.60. The molecule has 2 aliphatic rings. The van der Waals surface area contributed by atoms with Crippen LogP contribution in [0, 0.1) is 11.3 Å². The highest BCUT2D eigenvalue weighted by molar-refractivity contribution is 6.05. The number of methoxy groups -OCH3 is 1. The summed E-state index contributed by atoms with van der Waals surface area (Å²) in [5, 5.41) is 11.2. The first kappa shape index (κ1) is 24.7. The van der Waals surface area contributed by atoms with Crippen LogP contribution in [-0.2, 0) is 34.0 Å². The fourth-order valence-corrected chi connectivity index (χ4v) is 5.90. The van der Waals surface area contributed by atoms with Gasteiger partial charge in [-0.05, 0) is 43.4 Å². The molecule has 0 aromatic heterocycles. The highest BCUT2D eigenvalue weighted by Gasteiger charge is 2.67. The largest absolute Gasteiger partial charge is 0.508 e. The van der Waals surface area contributed by atoms with Gasteiger partial charge in [-0.15, -0.1) is 0 Å². The smallest absolute Gasteiger partial charge is 0.311 e. The van der Waals surface area contributed by atoms with Gasteiger partial charge in [0.1, 0.15) is 11.9 Å². The van der Waals surface area contributed by atoms with Crippen LogP contribution in [0.4, 0.5) is 0 Å². The van der Waals surface area contributed by atoms with Crippen molar-refractivity contribution in [1.82, 2.24) is 0 Å². The van der Waals surface area contributed by atoms with E-state index in [1.54, 1.807) is 26.0 Å². The number of Topliss-reactive ketones (excluding diaryl/α,β-unsaturated/α-hetero) is 1. The molecular weight excluding hydrogens is 428 g/mol. The second-order valence-electron chi connectivity index (χ2n) is 9.82. The van der Waals surface area contributed by atoms with Crippen LogP contribution in [0.2, 0.25) is 0 Å². The molecule has 180 valence electrons. The van der Waals surface area contributed by atoms with Crippen LogP contribution in [0.1, 0.15) is 81.8 Å². The topological polar surface area (TPSA) is 116 Å². The molecule has 33 heavy (non-hydrogen) atoms. The fraction of sp³-hybridized carbons (Fsp3) is 0.600. The second kappa shape index (κ2) is 8.47. The number of fused-ring (bicyclic) bond motifs is 3. The lowest BCUT2D eigenvalue weighted by molar-refractivity contribution is -0.187.